The molecular formula is C23H19FN2O5. The van der Waals surface area contributed by atoms with Crippen molar-refractivity contribution in [1.82, 2.24) is 10.3 Å². The monoisotopic (exact) mass is 422 g/mol. The molecule has 2 heterocycles. The number of phenols is 1. The van der Waals surface area contributed by atoms with Gasteiger partial charge in [0, 0.05) is 18.2 Å². The molecule has 0 aliphatic carbocycles. The lowest BCUT2D eigenvalue weighted by atomic mass is 9.80. The molecule has 7 nitrogen and oxygen atoms in total. The van der Waals surface area contributed by atoms with E-state index in [1.54, 1.807) is 37.4 Å². The van der Waals surface area contributed by atoms with Crippen LogP contribution in [-0.2, 0) is 5.54 Å². The van der Waals surface area contributed by atoms with Gasteiger partial charge in [0.05, 0.1) is 6.61 Å². The number of amides is 1. The molecular weight excluding hydrogens is 403 g/mol. The van der Waals surface area contributed by atoms with Crippen LogP contribution in [0.1, 0.15) is 44.0 Å². The van der Waals surface area contributed by atoms with Crippen molar-refractivity contribution in [3.05, 3.63) is 88.5 Å². The molecule has 0 saturated carbocycles. The van der Waals surface area contributed by atoms with Crippen LogP contribution < -0.4 is 10.1 Å². The number of halogens is 1. The number of fused-ring (bicyclic) bond motifs is 1. The van der Waals surface area contributed by atoms with Crippen LogP contribution in [0.15, 0.2) is 54.7 Å². The Labute approximate surface area is 177 Å². The Balaban J connectivity index is 1.82. The number of aromatic carboxylic acids is 1. The second-order valence-corrected chi connectivity index (χ2v) is 7.31. The van der Waals surface area contributed by atoms with E-state index in [0.29, 0.717) is 29.0 Å². The van der Waals surface area contributed by atoms with Crippen LogP contribution in [0.5, 0.6) is 11.5 Å². The number of nitrogens with zero attached hydrogens (tertiary/aromatic N) is 1. The molecule has 0 saturated heterocycles. The van der Waals surface area contributed by atoms with Gasteiger partial charge < -0.3 is 20.3 Å². The third kappa shape index (κ3) is 3.56. The standard InChI is InChI=1S/C23H19FN2O5/c1-13-4-6-15(12-17(13)24)23(8-10-31-19-3-2-9-25-20(19)23)26-21(28)14-5-7-16(22(29)30)18(27)11-14/h2-7,9,11-12,27H,8,10H2,1H3,(H,26,28)(H,29,30)/t23-/m0/s1. The molecule has 2 aromatic carbocycles. The zero-order valence-corrected chi connectivity index (χ0v) is 16.6. The van der Waals surface area contributed by atoms with Crippen LogP contribution in [0.3, 0.4) is 0 Å². The van der Waals surface area contributed by atoms with Gasteiger partial charge in [0.25, 0.3) is 5.91 Å². The van der Waals surface area contributed by atoms with Crippen molar-refractivity contribution < 1.29 is 28.9 Å². The zero-order chi connectivity index (χ0) is 22.2. The summed E-state index contributed by atoms with van der Waals surface area (Å²) in [5.41, 5.74) is -0.0411. The molecule has 1 aliphatic rings. The third-order valence-electron chi connectivity index (χ3n) is 5.39. The maximum absolute atomic E-state index is 14.5. The second-order valence-electron chi connectivity index (χ2n) is 7.31. The number of nitrogens with one attached hydrogen (secondary N) is 1. The molecule has 0 unspecified atom stereocenters. The first-order valence-corrected chi connectivity index (χ1v) is 9.55. The fourth-order valence-corrected chi connectivity index (χ4v) is 3.71. The zero-order valence-electron chi connectivity index (χ0n) is 16.6. The van der Waals surface area contributed by atoms with Crippen LogP contribution in [0, 0.1) is 12.7 Å². The maximum atomic E-state index is 14.5. The van der Waals surface area contributed by atoms with E-state index in [-0.39, 0.29) is 17.7 Å². The molecule has 4 rings (SSSR count). The molecule has 1 atom stereocenters. The highest BCUT2D eigenvalue weighted by atomic mass is 19.1. The number of pyridine rings is 1. The summed E-state index contributed by atoms with van der Waals surface area (Å²) >= 11 is 0. The summed E-state index contributed by atoms with van der Waals surface area (Å²) in [6.07, 6.45) is 1.86. The summed E-state index contributed by atoms with van der Waals surface area (Å²) in [6, 6.07) is 11.7. The summed E-state index contributed by atoms with van der Waals surface area (Å²) in [6.45, 7) is 1.91. The number of ether oxygens (including phenoxy) is 1. The van der Waals surface area contributed by atoms with Crippen LogP contribution >= 0.6 is 0 Å². The van der Waals surface area contributed by atoms with Gasteiger partial charge >= 0.3 is 5.97 Å². The SMILES string of the molecule is Cc1ccc([C@@]2(NC(=O)c3ccc(C(=O)O)c(O)c3)CCOc3cccnc32)cc1F. The Morgan fingerprint density at radius 1 is 1.19 bits per heavy atom. The second kappa shape index (κ2) is 7.71. The third-order valence-corrected chi connectivity index (χ3v) is 5.39. The molecule has 1 aromatic heterocycles. The molecule has 0 radical (unpaired) electrons. The highest BCUT2D eigenvalue weighted by Gasteiger charge is 2.43. The number of aryl methyl sites for hydroxylation is 1. The van der Waals surface area contributed by atoms with Gasteiger partial charge in [-0.1, -0.05) is 12.1 Å². The van der Waals surface area contributed by atoms with Gasteiger partial charge in [0.1, 0.15) is 34.1 Å². The predicted molar refractivity (Wildman–Crippen MR) is 109 cm³/mol. The topological polar surface area (TPSA) is 109 Å². The van der Waals surface area contributed by atoms with Crippen molar-refractivity contribution in [3.8, 4) is 11.5 Å². The number of carboxylic acid groups (broad SMARTS) is 1. The number of carbonyl (C=O) groups excluding carboxylic acids is 1. The number of hydrogen-bond donors (Lipinski definition) is 3. The smallest absolute Gasteiger partial charge is 0.339 e. The fourth-order valence-electron chi connectivity index (χ4n) is 3.71. The minimum Gasteiger partial charge on any atom is -0.507 e. The fraction of sp³-hybridized carbons (Fsp3) is 0.174. The number of rotatable bonds is 4. The minimum absolute atomic E-state index is 0.0541. The highest BCUT2D eigenvalue weighted by Crippen LogP contribution is 2.41. The number of aromatic nitrogens is 1. The van der Waals surface area contributed by atoms with Gasteiger partial charge in [-0.3, -0.25) is 9.78 Å². The first-order chi connectivity index (χ1) is 14.8. The van der Waals surface area contributed by atoms with E-state index < -0.39 is 29.0 Å². The number of hydrogen-bond acceptors (Lipinski definition) is 5. The summed E-state index contributed by atoms with van der Waals surface area (Å²) in [7, 11) is 0. The first kappa shape index (κ1) is 20.3. The minimum atomic E-state index is -1.31. The Bertz CT molecular complexity index is 1200. The Morgan fingerprint density at radius 3 is 2.71 bits per heavy atom. The van der Waals surface area contributed by atoms with Crippen molar-refractivity contribution in [2.45, 2.75) is 18.9 Å². The van der Waals surface area contributed by atoms with Gasteiger partial charge in [-0.25, -0.2) is 9.18 Å². The molecule has 158 valence electrons. The molecule has 1 aliphatic heterocycles. The lowest BCUT2D eigenvalue weighted by Gasteiger charge is -2.39. The van der Waals surface area contributed by atoms with Crippen LogP contribution in [0.25, 0.3) is 0 Å². The van der Waals surface area contributed by atoms with Crippen molar-refractivity contribution in [2.75, 3.05) is 6.61 Å². The van der Waals surface area contributed by atoms with E-state index >= 15 is 0 Å². The van der Waals surface area contributed by atoms with E-state index in [1.807, 2.05) is 0 Å². The lowest BCUT2D eigenvalue weighted by Crippen LogP contribution is -2.50. The van der Waals surface area contributed by atoms with Crippen molar-refractivity contribution >= 4 is 11.9 Å². The lowest BCUT2D eigenvalue weighted by molar-refractivity contribution is 0.0692. The van der Waals surface area contributed by atoms with Crippen LogP contribution in [0.4, 0.5) is 4.39 Å². The largest absolute Gasteiger partial charge is 0.507 e. The summed E-state index contributed by atoms with van der Waals surface area (Å²) in [4.78, 5) is 28.7. The Kier molecular flexibility index (Phi) is 5.06. The van der Waals surface area contributed by atoms with Crippen LogP contribution in [-0.4, -0.2) is 33.7 Å². The number of carboxylic acids is 1. The van der Waals surface area contributed by atoms with E-state index in [4.69, 9.17) is 9.84 Å². The van der Waals surface area contributed by atoms with Crippen molar-refractivity contribution in [3.63, 3.8) is 0 Å². The molecule has 0 spiro atoms. The molecule has 3 N–H and O–H groups in total. The van der Waals surface area contributed by atoms with Gasteiger partial charge in [0.15, 0.2) is 0 Å². The van der Waals surface area contributed by atoms with Gasteiger partial charge in [-0.2, -0.15) is 0 Å². The molecule has 31 heavy (non-hydrogen) atoms. The molecule has 0 bridgehead atoms. The van der Waals surface area contributed by atoms with E-state index in [1.165, 1.54) is 12.1 Å². The summed E-state index contributed by atoms with van der Waals surface area (Å²) in [5, 5.41) is 22.0. The van der Waals surface area contributed by atoms with Crippen molar-refractivity contribution in [1.29, 1.82) is 0 Å². The van der Waals surface area contributed by atoms with Gasteiger partial charge in [0.2, 0.25) is 0 Å². The number of aromatic hydroxyl groups is 1. The predicted octanol–water partition coefficient (Wildman–Crippen LogP) is 3.39. The average Bonchev–Trinajstić information content (AvgIpc) is 2.75. The average molecular weight is 422 g/mol. The molecule has 3 aromatic rings. The Morgan fingerprint density at radius 2 is 2.00 bits per heavy atom. The van der Waals surface area contributed by atoms with E-state index in [0.717, 1.165) is 12.1 Å². The molecule has 0 fully saturated rings. The summed E-state index contributed by atoms with van der Waals surface area (Å²) in [5.74, 6) is -2.36. The Hall–Kier alpha value is -3.94. The molecule has 1 amide bonds. The quantitative estimate of drug-likeness (QED) is 0.595. The van der Waals surface area contributed by atoms with Crippen LogP contribution in [0.2, 0.25) is 0 Å². The molecule has 8 heteroatoms. The van der Waals surface area contributed by atoms with Crippen molar-refractivity contribution in [2.24, 2.45) is 0 Å². The highest BCUT2D eigenvalue weighted by molar-refractivity contribution is 5.98. The summed E-state index contributed by atoms with van der Waals surface area (Å²) < 4.78 is 20.2. The first-order valence-electron chi connectivity index (χ1n) is 9.55. The van der Waals surface area contributed by atoms with Gasteiger partial charge in [-0.15, -0.1) is 0 Å². The van der Waals surface area contributed by atoms with E-state index in [9.17, 15) is 19.1 Å². The van der Waals surface area contributed by atoms with E-state index in [2.05, 4.69) is 10.3 Å². The number of carbonyl (C=O) groups is 2. The van der Waals surface area contributed by atoms with Gasteiger partial charge in [-0.05, 0) is 54.4 Å². The number of benzene rings is 2. The normalized spacial score (nSPS) is 17.4. The maximum Gasteiger partial charge on any atom is 0.339 e.